The van der Waals surface area contributed by atoms with E-state index in [0.717, 1.165) is 6.07 Å². The van der Waals surface area contributed by atoms with Gasteiger partial charge in [0.1, 0.15) is 11.5 Å². The average Bonchev–Trinajstić information content (AvgIpc) is 2.90. The van der Waals surface area contributed by atoms with Crippen LogP contribution in [0.5, 0.6) is 0 Å². The van der Waals surface area contributed by atoms with Crippen LogP contribution >= 0.6 is 0 Å². The fourth-order valence-corrected chi connectivity index (χ4v) is 2.41. The third kappa shape index (κ3) is 3.38. The van der Waals surface area contributed by atoms with Gasteiger partial charge in [-0.1, -0.05) is 26.0 Å². The third-order valence-corrected chi connectivity index (χ3v) is 3.59. The van der Waals surface area contributed by atoms with Gasteiger partial charge >= 0.3 is 6.18 Å². The summed E-state index contributed by atoms with van der Waals surface area (Å²) in [6, 6.07) is 7.62. The number of azo groups is 1. The molecule has 8 heteroatoms. The predicted molar refractivity (Wildman–Crippen MR) is 84.9 cm³/mol. The third-order valence-electron chi connectivity index (χ3n) is 3.59. The largest absolute Gasteiger partial charge is 0.418 e. The Labute approximate surface area is 140 Å². The highest BCUT2D eigenvalue weighted by molar-refractivity contribution is 5.54. The normalized spacial score (nSPS) is 12.6. The van der Waals surface area contributed by atoms with Crippen LogP contribution in [0.2, 0.25) is 0 Å². The van der Waals surface area contributed by atoms with Crippen molar-refractivity contribution in [1.29, 1.82) is 0 Å². The number of nitrogens with zero attached hydrogens (tertiary/aromatic N) is 4. The number of alkyl halides is 3. The predicted octanol–water partition coefficient (Wildman–Crippen LogP) is 6.03. The molecule has 0 saturated heterocycles. The summed E-state index contributed by atoms with van der Waals surface area (Å²) in [5.74, 6) is -0.358. The zero-order chi connectivity index (χ0) is 18.2. The van der Waals surface area contributed by atoms with Gasteiger partial charge < -0.3 is 0 Å². The Bertz CT molecular complexity index is 941. The smallest absolute Gasteiger partial charge is 0.280 e. The molecule has 0 aliphatic carbocycles. The summed E-state index contributed by atoms with van der Waals surface area (Å²) in [5, 5.41) is 7.72. The summed E-state index contributed by atoms with van der Waals surface area (Å²) in [4.78, 5) is 4.36. The maximum absolute atomic E-state index is 13.5. The molecule has 0 atom stereocenters. The highest BCUT2D eigenvalue weighted by Gasteiger charge is 2.33. The lowest BCUT2D eigenvalue weighted by atomic mass is 10.1. The zero-order valence-electron chi connectivity index (χ0n) is 13.4. The fraction of sp³-hybridized carbons (Fsp3) is 0.235. The summed E-state index contributed by atoms with van der Waals surface area (Å²) in [6.07, 6.45) is -3.36. The molecule has 0 bridgehead atoms. The molecule has 0 saturated carbocycles. The minimum Gasteiger partial charge on any atom is -0.280 e. The standard InChI is InChI=1S/C17H14F4N4/c1-10(2)15-16(25-9-11(18)7-8-14(25)22-15)24-23-13-6-4-3-5-12(13)17(19,20)21/h3-10H,1-2H3. The van der Waals surface area contributed by atoms with E-state index < -0.39 is 17.6 Å². The van der Waals surface area contributed by atoms with Crippen LogP contribution in [-0.2, 0) is 6.18 Å². The zero-order valence-corrected chi connectivity index (χ0v) is 13.4. The van der Waals surface area contributed by atoms with Crippen molar-refractivity contribution in [3.63, 3.8) is 0 Å². The molecule has 0 N–H and O–H groups in total. The summed E-state index contributed by atoms with van der Waals surface area (Å²) >= 11 is 0. The number of aromatic nitrogens is 2. The molecule has 0 amide bonds. The average molecular weight is 350 g/mol. The first-order chi connectivity index (χ1) is 11.8. The minimum absolute atomic E-state index is 0.0604. The van der Waals surface area contributed by atoms with Crippen molar-refractivity contribution in [2.24, 2.45) is 10.2 Å². The molecule has 1 aromatic carbocycles. The molecule has 2 aromatic heterocycles. The lowest BCUT2D eigenvalue weighted by Gasteiger charge is -2.08. The second-order valence-electron chi connectivity index (χ2n) is 5.77. The fourth-order valence-electron chi connectivity index (χ4n) is 2.41. The lowest BCUT2D eigenvalue weighted by Crippen LogP contribution is -2.04. The molecule has 3 rings (SSSR count). The van der Waals surface area contributed by atoms with Crippen molar-refractivity contribution in [1.82, 2.24) is 9.38 Å². The quantitative estimate of drug-likeness (QED) is 0.420. The molecule has 0 aliphatic heterocycles. The number of hydrogen-bond acceptors (Lipinski definition) is 3. The number of pyridine rings is 1. The van der Waals surface area contributed by atoms with E-state index in [2.05, 4.69) is 15.2 Å². The molecule has 0 unspecified atom stereocenters. The van der Waals surface area contributed by atoms with Gasteiger partial charge in [0.25, 0.3) is 0 Å². The van der Waals surface area contributed by atoms with E-state index in [1.807, 2.05) is 13.8 Å². The highest BCUT2D eigenvalue weighted by atomic mass is 19.4. The number of hydrogen-bond donors (Lipinski definition) is 0. The van der Waals surface area contributed by atoms with Gasteiger partial charge in [-0.25, -0.2) is 9.37 Å². The molecule has 0 aliphatic rings. The molecule has 2 heterocycles. The topological polar surface area (TPSA) is 42.0 Å². The first-order valence-electron chi connectivity index (χ1n) is 7.53. The first kappa shape index (κ1) is 17.1. The number of rotatable bonds is 3. The summed E-state index contributed by atoms with van der Waals surface area (Å²) in [6.45, 7) is 3.72. The Morgan fingerprint density at radius 3 is 2.44 bits per heavy atom. The number of imidazole rings is 1. The highest BCUT2D eigenvalue weighted by Crippen LogP contribution is 2.37. The van der Waals surface area contributed by atoms with Gasteiger partial charge in [0.15, 0.2) is 5.82 Å². The van der Waals surface area contributed by atoms with Crippen molar-refractivity contribution in [3.8, 4) is 0 Å². The van der Waals surface area contributed by atoms with Crippen LogP contribution in [0.15, 0.2) is 52.8 Å². The molecule has 0 radical (unpaired) electrons. The van der Waals surface area contributed by atoms with Crippen LogP contribution in [0.1, 0.15) is 31.0 Å². The molecule has 0 spiro atoms. The molecule has 4 nitrogen and oxygen atoms in total. The molecule has 0 fully saturated rings. The van der Waals surface area contributed by atoms with Gasteiger partial charge in [0, 0.05) is 6.20 Å². The van der Waals surface area contributed by atoms with E-state index >= 15 is 0 Å². The van der Waals surface area contributed by atoms with Crippen molar-refractivity contribution in [3.05, 3.63) is 59.7 Å². The van der Waals surface area contributed by atoms with Crippen LogP contribution < -0.4 is 0 Å². The van der Waals surface area contributed by atoms with E-state index in [4.69, 9.17) is 0 Å². The second kappa shape index (κ2) is 6.27. The van der Waals surface area contributed by atoms with Gasteiger partial charge in [0.2, 0.25) is 0 Å². The maximum Gasteiger partial charge on any atom is 0.418 e. The molecular formula is C17H14F4N4. The van der Waals surface area contributed by atoms with E-state index in [9.17, 15) is 17.6 Å². The van der Waals surface area contributed by atoms with Crippen LogP contribution in [0.25, 0.3) is 5.65 Å². The molecular weight excluding hydrogens is 336 g/mol. The summed E-state index contributed by atoms with van der Waals surface area (Å²) in [5.41, 5.74) is -0.220. The minimum atomic E-state index is -4.54. The summed E-state index contributed by atoms with van der Waals surface area (Å²) < 4.78 is 54.1. The lowest BCUT2D eigenvalue weighted by molar-refractivity contribution is -0.137. The number of halogens is 4. The molecule has 3 aromatic rings. The van der Waals surface area contributed by atoms with Gasteiger partial charge in [-0.05, 0) is 30.2 Å². The van der Waals surface area contributed by atoms with Crippen LogP contribution in [-0.4, -0.2) is 9.38 Å². The van der Waals surface area contributed by atoms with E-state index in [1.54, 1.807) is 0 Å². The van der Waals surface area contributed by atoms with Crippen LogP contribution in [0, 0.1) is 5.82 Å². The summed E-state index contributed by atoms with van der Waals surface area (Å²) in [7, 11) is 0. The second-order valence-corrected chi connectivity index (χ2v) is 5.77. The van der Waals surface area contributed by atoms with Crippen LogP contribution in [0.3, 0.4) is 0 Å². The Hall–Kier alpha value is -2.77. The van der Waals surface area contributed by atoms with Gasteiger partial charge in [-0.2, -0.15) is 13.2 Å². The Morgan fingerprint density at radius 2 is 1.76 bits per heavy atom. The van der Waals surface area contributed by atoms with E-state index in [-0.39, 0.29) is 17.4 Å². The van der Waals surface area contributed by atoms with E-state index in [1.165, 1.54) is 40.9 Å². The Kier molecular flexibility index (Phi) is 4.28. The molecule has 130 valence electrons. The number of fused-ring (bicyclic) bond motifs is 1. The van der Waals surface area contributed by atoms with Crippen molar-refractivity contribution in [2.75, 3.05) is 0 Å². The van der Waals surface area contributed by atoms with Crippen molar-refractivity contribution < 1.29 is 17.6 Å². The van der Waals surface area contributed by atoms with Gasteiger partial charge in [-0.15, -0.1) is 10.2 Å². The Morgan fingerprint density at radius 1 is 1.04 bits per heavy atom. The Balaban J connectivity index is 2.14. The first-order valence-corrected chi connectivity index (χ1v) is 7.53. The van der Waals surface area contributed by atoms with Crippen molar-refractivity contribution in [2.45, 2.75) is 25.9 Å². The van der Waals surface area contributed by atoms with E-state index in [0.29, 0.717) is 11.3 Å². The molecule has 25 heavy (non-hydrogen) atoms. The van der Waals surface area contributed by atoms with Gasteiger partial charge in [0.05, 0.1) is 16.9 Å². The monoisotopic (exact) mass is 350 g/mol. The van der Waals surface area contributed by atoms with Gasteiger partial charge in [-0.3, -0.25) is 4.40 Å². The van der Waals surface area contributed by atoms with Crippen molar-refractivity contribution >= 4 is 17.2 Å². The maximum atomic E-state index is 13.5. The SMILES string of the molecule is CC(C)c1nc2ccc(F)cn2c1N=Nc1ccccc1C(F)(F)F. The van der Waals surface area contributed by atoms with Crippen LogP contribution in [0.4, 0.5) is 29.1 Å². The number of benzene rings is 1.